The molecule has 1 saturated heterocycles. The zero-order valence-corrected chi connectivity index (χ0v) is 14.3. The monoisotopic (exact) mass is 308 g/mol. The van der Waals surface area contributed by atoms with E-state index in [1.807, 2.05) is 6.07 Å². The van der Waals surface area contributed by atoms with Crippen molar-refractivity contribution >= 4 is 17.3 Å². The van der Waals surface area contributed by atoms with Gasteiger partial charge in [-0.3, -0.25) is 0 Å². The average Bonchev–Trinajstić information content (AvgIpc) is 2.71. The molecule has 1 aliphatic rings. The normalized spacial score (nSPS) is 19.6. The Morgan fingerprint density at radius 1 is 1.24 bits per heavy atom. The van der Waals surface area contributed by atoms with Gasteiger partial charge in [0.05, 0.1) is 10.7 Å². The highest BCUT2D eigenvalue weighted by molar-refractivity contribution is 6.33. The van der Waals surface area contributed by atoms with E-state index in [0.29, 0.717) is 0 Å². The molecule has 1 aromatic carbocycles. The van der Waals surface area contributed by atoms with Crippen molar-refractivity contribution in [3.05, 3.63) is 28.8 Å². The lowest BCUT2D eigenvalue weighted by Gasteiger charge is -2.27. The van der Waals surface area contributed by atoms with Crippen LogP contribution in [0.4, 0.5) is 5.69 Å². The summed E-state index contributed by atoms with van der Waals surface area (Å²) in [7, 11) is 0. The molecule has 1 heterocycles. The highest BCUT2D eigenvalue weighted by Crippen LogP contribution is 2.33. The van der Waals surface area contributed by atoms with Gasteiger partial charge in [-0.25, -0.2) is 0 Å². The number of benzene rings is 1. The SMILES string of the molecule is CCCC1CCCN(c2c(Cl)cccc2CNCC)CC1. The van der Waals surface area contributed by atoms with E-state index >= 15 is 0 Å². The zero-order valence-electron chi connectivity index (χ0n) is 13.5. The third-order valence-electron chi connectivity index (χ3n) is 4.50. The third-order valence-corrected chi connectivity index (χ3v) is 4.80. The maximum atomic E-state index is 6.52. The summed E-state index contributed by atoms with van der Waals surface area (Å²) < 4.78 is 0. The van der Waals surface area contributed by atoms with Crippen LogP contribution < -0.4 is 10.2 Å². The van der Waals surface area contributed by atoms with Crippen LogP contribution in [0.25, 0.3) is 0 Å². The number of rotatable bonds is 6. The Morgan fingerprint density at radius 2 is 2.10 bits per heavy atom. The van der Waals surface area contributed by atoms with Crippen LogP contribution in [0.3, 0.4) is 0 Å². The van der Waals surface area contributed by atoms with Crippen LogP contribution in [-0.2, 0) is 6.54 Å². The van der Waals surface area contributed by atoms with Gasteiger partial charge in [0.1, 0.15) is 0 Å². The number of nitrogens with zero attached hydrogens (tertiary/aromatic N) is 1. The molecule has 1 aromatic rings. The van der Waals surface area contributed by atoms with E-state index in [0.717, 1.165) is 37.1 Å². The molecule has 21 heavy (non-hydrogen) atoms. The minimum absolute atomic E-state index is 0.902. The first-order valence-corrected chi connectivity index (χ1v) is 8.87. The molecule has 1 atom stereocenters. The second-order valence-corrected chi connectivity index (χ2v) is 6.51. The Balaban J connectivity index is 2.12. The summed E-state index contributed by atoms with van der Waals surface area (Å²) in [4.78, 5) is 2.52. The molecule has 1 N–H and O–H groups in total. The molecular weight excluding hydrogens is 280 g/mol. The molecule has 0 saturated carbocycles. The quantitative estimate of drug-likeness (QED) is 0.807. The highest BCUT2D eigenvalue weighted by Gasteiger charge is 2.20. The minimum atomic E-state index is 0.902. The Labute approximate surface area is 134 Å². The molecule has 1 unspecified atom stereocenters. The lowest BCUT2D eigenvalue weighted by atomic mass is 9.96. The first-order chi connectivity index (χ1) is 10.3. The average molecular weight is 309 g/mol. The van der Waals surface area contributed by atoms with E-state index in [1.165, 1.54) is 43.4 Å². The van der Waals surface area contributed by atoms with Crippen LogP contribution >= 0.6 is 11.6 Å². The summed E-state index contributed by atoms with van der Waals surface area (Å²) in [5.41, 5.74) is 2.59. The topological polar surface area (TPSA) is 15.3 Å². The van der Waals surface area contributed by atoms with Crippen molar-refractivity contribution in [2.24, 2.45) is 5.92 Å². The van der Waals surface area contributed by atoms with Crippen LogP contribution in [-0.4, -0.2) is 19.6 Å². The van der Waals surface area contributed by atoms with Gasteiger partial charge in [0.15, 0.2) is 0 Å². The van der Waals surface area contributed by atoms with Gasteiger partial charge in [0.25, 0.3) is 0 Å². The Morgan fingerprint density at radius 3 is 2.86 bits per heavy atom. The van der Waals surface area contributed by atoms with Gasteiger partial charge < -0.3 is 10.2 Å². The Hall–Kier alpha value is -0.730. The van der Waals surface area contributed by atoms with Crippen LogP contribution in [0, 0.1) is 5.92 Å². The van der Waals surface area contributed by atoms with Gasteiger partial charge in [-0.05, 0) is 43.4 Å². The minimum Gasteiger partial charge on any atom is -0.370 e. The first-order valence-electron chi connectivity index (χ1n) is 8.49. The van der Waals surface area contributed by atoms with Crippen molar-refractivity contribution in [2.75, 3.05) is 24.5 Å². The van der Waals surface area contributed by atoms with Crippen molar-refractivity contribution in [1.29, 1.82) is 0 Å². The lowest BCUT2D eigenvalue weighted by Crippen LogP contribution is -2.27. The molecule has 2 nitrogen and oxygen atoms in total. The van der Waals surface area contributed by atoms with E-state index in [2.05, 4.69) is 36.2 Å². The van der Waals surface area contributed by atoms with Crippen LogP contribution in [0.2, 0.25) is 5.02 Å². The van der Waals surface area contributed by atoms with Gasteiger partial charge in [-0.2, -0.15) is 0 Å². The van der Waals surface area contributed by atoms with Gasteiger partial charge in [-0.1, -0.05) is 50.4 Å². The largest absolute Gasteiger partial charge is 0.370 e. The molecule has 0 bridgehead atoms. The van der Waals surface area contributed by atoms with Gasteiger partial charge in [0.2, 0.25) is 0 Å². The van der Waals surface area contributed by atoms with Crippen LogP contribution in [0.5, 0.6) is 0 Å². The summed E-state index contributed by atoms with van der Waals surface area (Å²) in [5, 5.41) is 4.33. The second-order valence-electron chi connectivity index (χ2n) is 6.10. The molecule has 0 aliphatic carbocycles. The summed E-state index contributed by atoms with van der Waals surface area (Å²) in [6, 6.07) is 6.30. The van der Waals surface area contributed by atoms with Crippen molar-refractivity contribution in [1.82, 2.24) is 5.32 Å². The Kier molecular flexibility index (Phi) is 6.85. The number of halogens is 1. The number of hydrogen-bond acceptors (Lipinski definition) is 2. The summed E-state index contributed by atoms with van der Waals surface area (Å²) in [6.07, 6.45) is 6.65. The second kappa shape index (κ2) is 8.65. The van der Waals surface area contributed by atoms with Crippen molar-refractivity contribution in [3.8, 4) is 0 Å². The number of hydrogen-bond donors (Lipinski definition) is 1. The fraction of sp³-hybridized carbons (Fsp3) is 0.667. The van der Waals surface area contributed by atoms with Gasteiger partial charge in [-0.15, -0.1) is 0 Å². The van der Waals surface area contributed by atoms with Crippen LogP contribution in [0.15, 0.2) is 18.2 Å². The molecule has 118 valence electrons. The van der Waals surface area contributed by atoms with E-state index in [9.17, 15) is 0 Å². The molecule has 0 radical (unpaired) electrons. The first kappa shape index (κ1) is 16.6. The van der Waals surface area contributed by atoms with E-state index in [4.69, 9.17) is 11.6 Å². The number of nitrogens with one attached hydrogen (secondary N) is 1. The summed E-state index contributed by atoms with van der Waals surface area (Å²) in [5.74, 6) is 0.903. The molecule has 1 fully saturated rings. The molecule has 0 aromatic heterocycles. The van der Waals surface area contributed by atoms with Crippen molar-refractivity contribution < 1.29 is 0 Å². The smallest absolute Gasteiger partial charge is 0.0642 e. The van der Waals surface area contributed by atoms with E-state index in [1.54, 1.807) is 0 Å². The molecule has 2 rings (SSSR count). The maximum Gasteiger partial charge on any atom is 0.0642 e. The molecule has 0 amide bonds. The lowest BCUT2D eigenvalue weighted by molar-refractivity contribution is 0.435. The zero-order chi connectivity index (χ0) is 15.1. The third kappa shape index (κ3) is 4.62. The number of para-hydroxylation sites is 1. The standard InChI is InChI=1S/C18H29ClN2/c1-3-7-15-8-6-12-21(13-11-15)18-16(14-20-4-2)9-5-10-17(18)19/h5,9-10,15,20H,3-4,6-8,11-14H2,1-2H3. The predicted octanol–water partition coefficient (Wildman–Crippen LogP) is 4.86. The molecule has 3 heteroatoms. The maximum absolute atomic E-state index is 6.52. The fourth-order valence-corrected chi connectivity index (χ4v) is 3.72. The molecule has 0 spiro atoms. The number of anilines is 1. The van der Waals surface area contributed by atoms with Gasteiger partial charge in [0, 0.05) is 19.6 Å². The van der Waals surface area contributed by atoms with Crippen molar-refractivity contribution in [2.45, 2.75) is 52.5 Å². The predicted molar refractivity (Wildman–Crippen MR) is 93.3 cm³/mol. The molecular formula is C18H29ClN2. The van der Waals surface area contributed by atoms with E-state index in [-0.39, 0.29) is 0 Å². The molecule has 1 aliphatic heterocycles. The Bertz CT molecular complexity index is 433. The van der Waals surface area contributed by atoms with Crippen LogP contribution in [0.1, 0.15) is 51.5 Å². The van der Waals surface area contributed by atoms with E-state index < -0.39 is 0 Å². The van der Waals surface area contributed by atoms with Crippen molar-refractivity contribution in [3.63, 3.8) is 0 Å². The summed E-state index contributed by atoms with van der Waals surface area (Å²) in [6.45, 7) is 8.62. The summed E-state index contributed by atoms with van der Waals surface area (Å²) >= 11 is 6.52. The fourth-order valence-electron chi connectivity index (χ4n) is 3.40. The highest BCUT2D eigenvalue weighted by atomic mass is 35.5. The van der Waals surface area contributed by atoms with Gasteiger partial charge >= 0.3 is 0 Å².